The molecule has 0 aromatic heterocycles. The summed E-state index contributed by atoms with van der Waals surface area (Å²) in [6, 6.07) is 0. The second kappa shape index (κ2) is 11.3. The molecule has 0 aliphatic heterocycles. The molecule has 0 atom stereocenters. The number of unbranched alkanes of at least 4 members (excludes halogenated alkanes) is 3. The first-order valence-corrected chi connectivity index (χ1v) is 4.54. The van der Waals surface area contributed by atoms with E-state index in [1.807, 2.05) is 0 Å². The van der Waals surface area contributed by atoms with E-state index in [0.29, 0.717) is 6.61 Å². The van der Waals surface area contributed by atoms with Crippen LogP contribution in [0.4, 0.5) is 0 Å². The Kier molecular flexibility index (Phi) is 13.4. The van der Waals surface area contributed by atoms with Crippen LogP contribution in [-0.4, -0.2) is 61.4 Å². The molecule has 5 heteroatoms. The van der Waals surface area contributed by atoms with Crippen molar-refractivity contribution in [3.63, 3.8) is 0 Å². The van der Waals surface area contributed by atoms with Gasteiger partial charge in [-0.2, -0.15) is 0 Å². The number of ether oxygens (including phenoxy) is 1. The number of esters is 1. The zero-order chi connectivity index (χ0) is 10.1. The van der Waals surface area contributed by atoms with Gasteiger partial charge in [-0.25, -0.2) is 0 Å². The average Bonchev–Trinajstić information content (AvgIpc) is 2.02. The first kappa shape index (κ1) is 16.6. The Morgan fingerprint density at radius 1 is 1.21 bits per heavy atom. The van der Waals surface area contributed by atoms with E-state index in [1.54, 1.807) is 0 Å². The number of carbonyl (C=O) groups is 2. The van der Waals surface area contributed by atoms with Gasteiger partial charge in [-0.3, -0.25) is 9.59 Å². The summed E-state index contributed by atoms with van der Waals surface area (Å²) in [7, 11) is 0. The predicted molar refractivity (Wildman–Crippen MR) is 55.9 cm³/mol. The van der Waals surface area contributed by atoms with Crippen LogP contribution >= 0.6 is 0 Å². The van der Waals surface area contributed by atoms with E-state index in [2.05, 4.69) is 11.7 Å². The fourth-order valence-electron chi connectivity index (χ4n) is 0.889. The van der Waals surface area contributed by atoms with E-state index >= 15 is 0 Å². The Morgan fingerprint density at radius 3 is 2.36 bits per heavy atom. The van der Waals surface area contributed by atoms with Gasteiger partial charge < -0.3 is 9.84 Å². The summed E-state index contributed by atoms with van der Waals surface area (Å²) >= 11 is 0. The number of rotatable bonds is 7. The summed E-state index contributed by atoms with van der Waals surface area (Å²) < 4.78 is 4.68. The topological polar surface area (TPSA) is 63.6 Å². The summed E-state index contributed by atoms with van der Waals surface area (Å²) in [6.45, 7) is 2.43. The minimum atomic E-state index is -1.14. The van der Waals surface area contributed by atoms with E-state index in [-0.39, 0.29) is 37.7 Å². The number of aliphatic carboxylic acids is 1. The molecule has 1 N–H and O–H groups in total. The van der Waals surface area contributed by atoms with Crippen LogP contribution in [0.15, 0.2) is 0 Å². The Hall–Kier alpha value is 0.200. The molecule has 0 fully saturated rings. The summed E-state index contributed by atoms with van der Waals surface area (Å²) in [5.41, 5.74) is 0. The van der Waals surface area contributed by atoms with Crippen LogP contribution in [0.2, 0.25) is 0 Å². The number of hydrogen-bond donors (Lipinski definition) is 1. The summed E-state index contributed by atoms with van der Waals surface area (Å²) in [4.78, 5) is 20.7. The van der Waals surface area contributed by atoms with Crippen LogP contribution in [0.25, 0.3) is 0 Å². The Labute approximate surface area is 114 Å². The quantitative estimate of drug-likeness (QED) is 0.302. The third-order valence-corrected chi connectivity index (χ3v) is 1.56. The van der Waals surface area contributed by atoms with Crippen molar-refractivity contribution in [1.82, 2.24) is 0 Å². The Balaban J connectivity index is 0. The third kappa shape index (κ3) is 12.2. The molecule has 0 aromatic rings. The van der Waals surface area contributed by atoms with Crippen LogP contribution < -0.4 is 0 Å². The Morgan fingerprint density at radius 2 is 1.86 bits per heavy atom. The maximum absolute atomic E-state index is 10.7. The van der Waals surface area contributed by atoms with Crippen molar-refractivity contribution in [2.75, 3.05) is 6.61 Å². The molecule has 0 saturated carbocycles. The van der Waals surface area contributed by atoms with E-state index in [0.717, 1.165) is 25.7 Å². The molecule has 0 aliphatic rings. The van der Waals surface area contributed by atoms with Gasteiger partial charge >= 0.3 is 49.7 Å². The molecule has 0 aromatic carbocycles. The average molecular weight is 230 g/mol. The van der Waals surface area contributed by atoms with Crippen LogP contribution in [0, 0.1) is 0 Å². The van der Waals surface area contributed by atoms with Gasteiger partial charge in [0.05, 0.1) is 6.61 Å². The molecule has 0 spiro atoms. The van der Waals surface area contributed by atoms with Gasteiger partial charge in [-0.1, -0.05) is 26.2 Å². The number of hydrogen-bond acceptors (Lipinski definition) is 3. The van der Waals surface area contributed by atoms with Gasteiger partial charge in [0.15, 0.2) is 0 Å². The van der Waals surface area contributed by atoms with Crippen molar-refractivity contribution >= 4 is 49.7 Å². The first-order chi connectivity index (χ1) is 6.16. The van der Waals surface area contributed by atoms with Gasteiger partial charge in [0.1, 0.15) is 6.42 Å². The number of carboxylic acids is 1. The molecule has 0 radical (unpaired) electrons. The molecule has 0 bridgehead atoms. The van der Waals surface area contributed by atoms with Crippen molar-refractivity contribution in [2.45, 2.75) is 39.0 Å². The van der Waals surface area contributed by atoms with Crippen molar-refractivity contribution in [3.05, 3.63) is 0 Å². The molecule has 0 amide bonds. The van der Waals surface area contributed by atoms with Crippen molar-refractivity contribution in [2.24, 2.45) is 0 Å². The SMILES string of the molecule is CCCCCCOC(=O)CC(=O)O.[CaH2]. The molecule has 0 unspecified atom stereocenters. The number of carboxylic acid groups (broad SMARTS) is 1. The zero-order valence-corrected chi connectivity index (χ0v) is 7.91. The van der Waals surface area contributed by atoms with Crippen molar-refractivity contribution in [1.29, 1.82) is 0 Å². The molecule has 80 valence electrons. The molecular weight excluding hydrogens is 212 g/mol. The van der Waals surface area contributed by atoms with E-state index in [1.165, 1.54) is 0 Å². The molecular formula is C9H18CaO4. The molecule has 14 heavy (non-hydrogen) atoms. The van der Waals surface area contributed by atoms with Crippen LogP contribution in [-0.2, 0) is 14.3 Å². The number of carbonyl (C=O) groups excluding carboxylic acids is 1. The molecule has 0 rings (SSSR count). The van der Waals surface area contributed by atoms with Crippen molar-refractivity contribution in [3.8, 4) is 0 Å². The van der Waals surface area contributed by atoms with E-state index < -0.39 is 18.4 Å². The minimum absolute atomic E-state index is 0. The second-order valence-corrected chi connectivity index (χ2v) is 2.85. The predicted octanol–water partition coefficient (Wildman–Crippen LogP) is 0.668. The van der Waals surface area contributed by atoms with Crippen LogP contribution in [0.1, 0.15) is 39.0 Å². The zero-order valence-electron chi connectivity index (χ0n) is 7.91. The van der Waals surface area contributed by atoms with Crippen LogP contribution in [0.5, 0.6) is 0 Å². The first-order valence-electron chi connectivity index (χ1n) is 4.54. The molecule has 0 saturated heterocycles. The second-order valence-electron chi connectivity index (χ2n) is 2.85. The van der Waals surface area contributed by atoms with Gasteiger partial charge in [-0.05, 0) is 6.42 Å². The van der Waals surface area contributed by atoms with E-state index in [4.69, 9.17) is 5.11 Å². The van der Waals surface area contributed by atoms with Gasteiger partial charge in [0.2, 0.25) is 0 Å². The summed E-state index contributed by atoms with van der Waals surface area (Å²) in [6.07, 6.45) is 3.56. The molecule has 4 nitrogen and oxygen atoms in total. The fraction of sp³-hybridized carbons (Fsp3) is 0.778. The standard InChI is InChI=1S/C9H16O4.Ca.2H/c1-2-3-4-5-6-13-9(12)7-8(10)11;;;/h2-7H2,1H3,(H,10,11);;;. The molecule has 0 aliphatic carbocycles. The molecule has 0 heterocycles. The normalized spacial score (nSPS) is 8.93. The maximum atomic E-state index is 10.7. The third-order valence-electron chi connectivity index (χ3n) is 1.56. The van der Waals surface area contributed by atoms with Gasteiger partial charge in [0.25, 0.3) is 0 Å². The van der Waals surface area contributed by atoms with Gasteiger partial charge in [0, 0.05) is 0 Å². The van der Waals surface area contributed by atoms with Crippen LogP contribution in [0.3, 0.4) is 0 Å². The van der Waals surface area contributed by atoms with Crippen molar-refractivity contribution < 1.29 is 19.4 Å². The Bertz CT molecular complexity index is 170. The van der Waals surface area contributed by atoms with E-state index in [9.17, 15) is 9.59 Å². The fourth-order valence-corrected chi connectivity index (χ4v) is 0.889. The summed E-state index contributed by atoms with van der Waals surface area (Å²) in [5.74, 6) is -1.79. The summed E-state index contributed by atoms with van der Waals surface area (Å²) in [5, 5.41) is 8.22. The van der Waals surface area contributed by atoms with Gasteiger partial charge in [-0.15, -0.1) is 0 Å². The monoisotopic (exact) mass is 230 g/mol.